The maximum atomic E-state index is 10.5. The minimum atomic E-state index is -4.72. The molecule has 0 saturated carbocycles. The first kappa shape index (κ1) is 15.7. The average Bonchev–Trinajstić information content (AvgIpc) is 2.33. The van der Waals surface area contributed by atoms with E-state index in [1.54, 1.807) is 12.1 Å². The minimum Gasteiger partial charge on any atom is -0.725 e. The number of hydrogen-bond donors (Lipinski definition) is 0. The van der Waals surface area contributed by atoms with Crippen LogP contribution in [-0.2, 0) is 19.3 Å². The molecule has 0 N–H and O–H groups in total. The maximum absolute atomic E-state index is 10.5. The lowest BCUT2D eigenvalue weighted by Crippen LogP contribution is -2.29. The molecule has 0 unspecified atom stereocenters. The Morgan fingerprint density at radius 1 is 1.11 bits per heavy atom. The lowest BCUT2D eigenvalue weighted by molar-refractivity contribution is 0.169. The number of anilines is 2. The molecule has 0 amide bonds. The van der Waals surface area contributed by atoms with Gasteiger partial charge in [0.2, 0.25) is 10.4 Å². The summed E-state index contributed by atoms with van der Waals surface area (Å²) in [5, 5.41) is 0. The highest BCUT2D eigenvalue weighted by molar-refractivity contribution is 7.80. The van der Waals surface area contributed by atoms with Crippen molar-refractivity contribution in [2.75, 3.05) is 44.5 Å². The molecule has 0 atom stereocenters. The molecule has 0 aliphatic heterocycles. The van der Waals surface area contributed by atoms with Crippen molar-refractivity contribution in [1.82, 2.24) is 0 Å². The van der Waals surface area contributed by atoms with Crippen LogP contribution in [0.25, 0.3) is 0 Å². The van der Waals surface area contributed by atoms with E-state index in [2.05, 4.69) is 4.18 Å². The molecule has 1 aromatic carbocycles. The molecule has 0 radical (unpaired) electrons. The SMILES string of the molecule is COCN(COS(=O)(=O)[O-])c1ccc(N(C)C)cc1. The summed E-state index contributed by atoms with van der Waals surface area (Å²) in [6.45, 7) is -0.280. The fraction of sp³-hybridized carbons (Fsp3) is 0.455. The van der Waals surface area contributed by atoms with Gasteiger partial charge in [0.05, 0.1) is 0 Å². The summed E-state index contributed by atoms with van der Waals surface area (Å²) in [7, 11) is 0.566. The number of benzene rings is 1. The molecule has 0 aromatic heterocycles. The predicted octanol–water partition coefficient (Wildman–Crippen LogP) is 0.597. The van der Waals surface area contributed by atoms with E-state index in [0.29, 0.717) is 5.69 Å². The van der Waals surface area contributed by atoms with Gasteiger partial charge in [-0.3, -0.25) is 4.18 Å². The Labute approximate surface area is 113 Å². The van der Waals surface area contributed by atoms with Crippen LogP contribution in [0.5, 0.6) is 0 Å². The van der Waals surface area contributed by atoms with Gasteiger partial charge in [-0.25, -0.2) is 8.42 Å². The first-order chi connectivity index (χ1) is 8.83. The highest BCUT2D eigenvalue weighted by Gasteiger charge is 2.08. The van der Waals surface area contributed by atoms with Crippen molar-refractivity contribution < 1.29 is 21.9 Å². The number of methoxy groups -OCH3 is 1. The van der Waals surface area contributed by atoms with Crippen molar-refractivity contribution in [2.24, 2.45) is 0 Å². The zero-order valence-electron chi connectivity index (χ0n) is 11.1. The van der Waals surface area contributed by atoms with E-state index in [9.17, 15) is 13.0 Å². The third kappa shape index (κ3) is 5.43. The molecule has 0 aliphatic rings. The zero-order valence-corrected chi connectivity index (χ0v) is 11.9. The van der Waals surface area contributed by atoms with Gasteiger partial charge < -0.3 is 19.1 Å². The van der Waals surface area contributed by atoms with Crippen molar-refractivity contribution in [3.8, 4) is 0 Å². The van der Waals surface area contributed by atoms with Crippen LogP contribution in [0.1, 0.15) is 0 Å². The van der Waals surface area contributed by atoms with E-state index in [4.69, 9.17) is 4.74 Å². The molecule has 0 fully saturated rings. The molecule has 108 valence electrons. The first-order valence-corrected chi connectivity index (χ1v) is 6.78. The average molecular weight is 289 g/mol. The van der Waals surface area contributed by atoms with Crippen molar-refractivity contribution in [1.29, 1.82) is 0 Å². The third-order valence-corrected chi connectivity index (χ3v) is 2.76. The fourth-order valence-electron chi connectivity index (χ4n) is 1.43. The van der Waals surface area contributed by atoms with E-state index < -0.39 is 10.4 Å². The molecule has 0 bridgehead atoms. The number of ether oxygens (including phenoxy) is 1. The Kier molecular flexibility index (Phi) is 5.55. The van der Waals surface area contributed by atoms with Crippen LogP contribution in [-0.4, -0.2) is 47.6 Å². The largest absolute Gasteiger partial charge is 0.725 e. The Bertz CT molecular complexity index is 486. The normalized spacial score (nSPS) is 11.4. The van der Waals surface area contributed by atoms with Gasteiger partial charge in [0, 0.05) is 32.6 Å². The van der Waals surface area contributed by atoms with Gasteiger partial charge in [0.15, 0.2) is 0 Å². The summed E-state index contributed by atoms with van der Waals surface area (Å²) >= 11 is 0. The Hall–Kier alpha value is -1.35. The number of hydrogen-bond acceptors (Lipinski definition) is 7. The van der Waals surface area contributed by atoms with E-state index >= 15 is 0 Å². The topological polar surface area (TPSA) is 82.1 Å². The summed E-state index contributed by atoms with van der Waals surface area (Å²) in [5.74, 6) is 0. The third-order valence-electron chi connectivity index (χ3n) is 2.37. The van der Waals surface area contributed by atoms with Crippen molar-refractivity contribution in [2.45, 2.75) is 0 Å². The monoisotopic (exact) mass is 289 g/mol. The van der Waals surface area contributed by atoms with Crippen LogP contribution in [0.2, 0.25) is 0 Å². The molecule has 19 heavy (non-hydrogen) atoms. The Balaban J connectivity index is 2.80. The van der Waals surface area contributed by atoms with Crippen LogP contribution >= 0.6 is 0 Å². The predicted molar refractivity (Wildman–Crippen MR) is 70.8 cm³/mol. The van der Waals surface area contributed by atoms with E-state index in [-0.39, 0.29) is 13.5 Å². The molecule has 0 aliphatic carbocycles. The smallest absolute Gasteiger partial charge is 0.219 e. The maximum Gasteiger partial charge on any atom is 0.219 e. The molecule has 1 aromatic rings. The van der Waals surface area contributed by atoms with Crippen LogP contribution < -0.4 is 9.80 Å². The highest BCUT2D eigenvalue weighted by Crippen LogP contribution is 2.19. The van der Waals surface area contributed by atoms with E-state index in [1.165, 1.54) is 12.0 Å². The van der Waals surface area contributed by atoms with Gasteiger partial charge in [0.25, 0.3) is 0 Å². The van der Waals surface area contributed by atoms with Crippen LogP contribution in [0.15, 0.2) is 24.3 Å². The quantitative estimate of drug-likeness (QED) is 0.413. The lowest BCUT2D eigenvalue weighted by atomic mass is 10.2. The molecule has 1 rings (SSSR count). The Morgan fingerprint density at radius 2 is 1.63 bits per heavy atom. The molecule has 0 heterocycles. The van der Waals surface area contributed by atoms with Gasteiger partial charge in [-0.2, -0.15) is 0 Å². The van der Waals surface area contributed by atoms with Crippen molar-refractivity contribution in [3.05, 3.63) is 24.3 Å². The van der Waals surface area contributed by atoms with Gasteiger partial charge in [-0.1, -0.05) is 0 Å². The van der Waals surface area contributed by atoms with Crippen LogP contribution in [0.4, 0.5) is 11.4 Å². The highest BCUT2D eigenvalue weighted by atomic mass is 32.3. The van der Waals surface area contributed by atoms with Gasteiger partial charge in [-0.15, -0.1) is 0 Å². The molecule has 7 nitrogen and oxygen atoms in total. The summed E-state index contributed by atoms with van der Waals surface area (Å²) in [5.41, 5.74) is 1.69. The van der Waals surface area contributed by atoms with Gasteiger partial charge in [0.1, 0.15) is 13.5 Å². The lowest BCUT2D eigenvalue weighted by Gasteiger charge is -2.24. The fourth-order valence-corrected chi connectivity index (χ4v) is 1.69. The number of rotatable bonds is 7. The summed E-state index contributed by atoms with van der Waals surface area (Å²) in [6.07, 6.45) is 0. The zero-order chi connectivity index (χ0) is 14.5. The van der Waals surface area contributed by atoms with Gasteiger partial charge in [-0.05, 0) is 24.3 Å². The molecular formula is C11H17N2O5S-. The number of nitrogens with zero attached hydrogens (tertiary/aromatic N) is 2. The van der Waals surface area contributed by atoms with Crippen molar-refractivity contribution >= 4 is 21.8 Å². The van der Waals surface area contributed by atoms with Crippen LogP contribution in [0, 0.1) is 0 Å². The second-order valence-corrected chi connectivity index (χ2v) is 5.08. The molecule has 8 heteroatoms. The standard InChI is InChI=1S/C11H18N2O5S/c1-12(2)10-4-6-11(7-5-10)13(8-17-3)9-18-19(14,15)16/h4-7H,8-9H2,1-3H3,(H,14,15,16)/p-1. The Morgan fingerprint density at radius 3 is 2.05 bits per heavy atom. The van der Waals surface area contributed by atoms with Crippen molar-refractivity contribution in [3.63, 3.8) is 0 Å². The van der Waals surface area contributed by atoms with Crippen LogP contribution in [0.3, 0.4) is 0 Å². The summed E-state index contributed by atoms with van der Waals surface area (Å²) < 4.78 is 40.6. The minimum absolute atomic E-state index is 0.108. The molecule has 0 saturated heterocycles. The molecular weight excluding hydrogens is 272 g/mol. The van der Waals surface area contributed by atoms with Gasteiger partial charge >= 0.3 is 0 Å². The second kappa shape index (κ2) is 6.71. The first-order valence-electron chi connectivity index (χ1n) is 5.45. The van der Waals surface area contributed by atoms with E-state index in [0.717, 1.165) is 5.69 Å². The summed E-state index contributed by atoms with van der Waals surface area (Å²) in [6, 6.07) is 7.30. The van der Waals surface area contributed by atoms with E-state index in [1.807, 2.05) is 31.1 Å². The molecule has 0 spiro atoms. The summed E-state index contributed by atoms with van der Waals surface area (Å²) in [4.78, 5) is 3.41. The second-order valence-electron chi connectivity index (χ2n) is 4.02.